The SMILES string of the molecule is Cc1nc(NC(C)(C)CO)c2c(-c3ccccc3)csc2n1. The maximum Gasteiger partial charge on any atom is 0.139 e. The fourth-order valence-electron chi connectivity index (χ4n) is 2.33. The van der Waals surface area contributed by atoms with Gasteiger partial charge in [-0.05, 0) is 26.3 Å². The molecule has 3 aromatic rings. The molecule has 22 heavy (non-hydrogen) atoms. The topological polar surface area (TPSA) is 58.0 Å². The van der Waals surface area contributed by atoms with Crippen LogP contribution in [0.1, 0.15) is 19.7 Å². The molecule has 0 aliphatic carbocycles. The third-order valence-corrected chi connectivity index (χ3v) is 4.35. The van der Waals surface area contributed by atoms with Crippen molar-refractivity contribution in [2.75, 3.05) is 11.9 Å². The number of nitrogens with one attached hydrogen (secondary N) is 1. The van der Waals surface area contributed by atoms with E-state index >= 15 is 0 Å². The summed E-state index contributed by atoms with van der Waals surface area (Å²) in [5, 5.41) is 16.0. The summed E-state index contributed by atoms with van der Waals surface area (Å²) < 4.78 is 0. The van der Waals surface area contributed by atoms with Crippen molar-refractivity contribution in [2.45, 2.75) is 26.3 Å². The zero-order valence-corrected chi connectivity index (χ0v) is 13.7. The molecule has 0 aliphatic rings. The Balaban J connectivity index is 2.20. The summed E-state index contributed by atoms with van der Waals surface area (Å²) in [6.45, 7) is 5.82. The van der Waals surface area contributed by atoms with Gasteiger partial charge in [0.25, 0.3) is 0 Å². The number of rotatable bonds is 4. The van der Waals surface area contributed by atoms with Crippen LogP contribution in [-0.4, -0.2) is 27.2 Å². The van der Waals surface area contributed by atoms with Gasteiger partial charge in [-0.1, -0.05) is 30.3 Å². The van der Waals surface area contributed by atoms with Crippen LogP contribution in [0.15, 0.2) is 35.7 Å². The van der Waals surface area contributed by atoms with Crippen LogP contribution in [-0.2, 0) is 0 Å². The number of nitrogens with zero attached hydrogens (tertiary/aromatic N) is 2. The quantitative estimate of drug-likeness (QED) is 0.768. The lowest BCUT2D eigenvalue weighted by Crippen LogP contribution is -2.35. The number of hydrogen-bond donors (Lipinski definition) is 2. The van der Waals surface area contributed by atoms with E-state index in [4.69, 9.17) is 0 Å². The largest absolute Gasteiger partial charge is 0.394 e. The number of aliphatic hydroxyl groups is 1. The van der Waals surface area contributed by atoms with Crippen molar-refractivity contribution in [2.24, 2.45) is 0 Å². The molecule has 0 atom stereocenters. The minimum absolute atomic E-state index is 0.0301. The molecule has 2 aromatic heterocycles. The molecule has 0 aliphatic heterocycles. The number of anilines is 1. The van der Waals surface area contributed by atoms with Crippen LogP contribution in [0.2, 0.25) is 0 Å². The third-order valence-electron chi connectivity index (χ3n) is 3.48. The number of fused-ring (bicyclic) bond motifs is 1. The van der Waals surface area contributed by atoms with Crippen molar-refractivity contribution in [3.8, 4) is 11.1 Å². The molecule has 2 N–H and O–H groups in total. The summed E-state index contributed by atoms with van der Waals surface area (Å²) in [7, 11) is 0. The first-order valence-electron chi connectivity index (χ1n) is 7.20. The van der Waals surface area contributed by atoms with E-state index in [1.807, 2.05) is 39.0 Å². The van der Waals surface area contributed by atoms with E-state index in [0.29, 0.717) is 0 Å². The van der Waals surface area contributed by atoms with Gasteiger partial charge < -0.3 is 10.4 Å². The molecule has 5 heteroatoms. The zero-order chi connectivity index (χ0) is 15.7. The number of benzene rings is 1. The molecule has 0 radical (unpaired) electrons. The molecule has 0 saturated carbocycles. The second-order valence-corrected chi connectivity index (χ2v) is 6.84. The standard InChI is InChI=1S/C17H19N3OS/c1-11-18-15(20-17(2,3)10-21)14-13(9-22-16(14)19-11)12-7-5-4-6-8-12/h4-9,21H,10H2,1-3H3,(H,18,19,20). The first kappa shape index (κ1) is 14.9. The van der Waals surface area contributed by atoms with Crippen molar-refractivity contribution in [1.29, 1.82) is 0 Å². The lowest BCUT2D eigenvalue weighted by Gasteiger charge is -2.25. The van der Waals surface area contributed by atoms with Gasteiger partial charge in [0.1, 0.15) is 16.5 Å². The lowest BCUT2D eigenvalue weighted by molar-refractivity contribution is 0.234. The fraction of sp³-hybridized carbons (Fsp3) is 0.294. The Morgan fingerprint density at radius 3 is 2.59 bits per heavy atom. The smallest absolute Gasteiger partial charge is 0.139 e. The van der Waals surface area contributed by atoms with Crippen molar-refractivity contribution < 1.29 is 5.11 Å². The Morgan fingerprint density at radius 1 is 1.18 bits per heavy atom. The van der Waals surface area contributed by atoms with E-state index in [1.165, 1.54) is 0 Å². The second-order valence-electron chi connectivity index (χ2n) is 5.98. The monoisotopic (exact) mass is 313 g/mol. The minimum Gasteiger partial charge on any atom is -0.394 e. The Bertz CT molecular complexity index is 796. The lowest BCUT2D eigenvalue weighted by atomic mass is 10.0. The number of thiophene rings is 1. The summed E-state index contributed by atoms with van der Waals surface area (Å²) in [4.78, 5) is 10.1. The number of aryl methyl sites for hydroxylation is 1. The molecule has 114 valence electrons. The predicted molar refractivity (Wildman–Crippen MR) is 92.4 cm³/mol. The van der Waals surface area contributed by atoms with Crippen molar-refractivity contribution in [3.63, 3.8) is 0 Å². The Hall–Kier alpha value is -1.98. The predicted octanol–water partition coefficient (Wildman–Crippen LogP) is 3.85. The van der Waals surface area contributed by atoms with Crippen molar-refractivity contribution >= 4 is 27.4 Å². The first-order valence-corrected chi connectivity index (χ1v) is 8.08. The van der Waals surface area contributed by atoms with Crippen LogP contribution in [0, 0.1) is 6.92 Å². The number of aromatic nitrogens is 2. The maximum absolute atomic E-state index is 9.53. The van der Waals surface area contributed by atoms with Gasteiger partial charge in [0, 0.05) is 10.9 Å². The highest BCUT2D eigenvalue weighted by Crippen LogP contribution is 2.37. The van der Waals surface area contributed by atoms with Crippen LogP contribution in [0.5, 0.6) is 0 Å². The summed E-state index contributed by atoms with van der Waals surface area (Å²) in [5.41, 5.74) is 1.83. The van der Waals surface area contributed by atoms with Crippen LogP contribution < -0.4 is 5.32 Å². The van der Waals surface area contributed by atoms with Gasteiger partial charge in [-0.2, -0.15) is 0 Å². The van der Waals surface area contributed by atoms with Crippen molar-refractivity contribution in [1.82, 2.24) is 9.97 Å². The Morgan fingerprint density at radius 2 is 1.91 bits per heavy atom. The Labute approximate surface area is 133 Å². The van der Waals surface area contributed by atoms with E-state index in [9.17, 15) is 5.11 Å². The number of hydrogen-bond acceptors (Lipinski definition) is 5. The van der Waals surface area contributed by atoms with Crippen LogP contribution in [0.3, 0.4) is 0 Å². The van der Waals surface area contributed by atoms with Crippen LogP contribution >= 0.6 is 11.3 Å². The average Bonchev–Trinajstić information content (AvgIpc) is 2.91. The van der Waals surface area contributed by atoms with Crippen molar-refractivity contribution in [3.05, 3.63) is 41.5 Å². The molecular weight excluding hydrogens is 294 g/mol. The highest BCUT2D eigenvalue weighted by Gasteiger charge is 2.21. The molecule has 0 bridgehead atoms. The van der Waals surface area contributed by atoms with Gasteiger partial charge in [-0.15, -0.1) is 11.3 Å². The molecule has 2 heterocycles. The molecule has 0 spiro atoms. The molecular formula is C17H19N3OS. The second kappa shape index (κ2) is 5.66. The van der Waals surface area contributed by atoms with Gasteiger partial charge in [-0.25, -0.2) is 9.97 Å². The molecule has 1 aromatic carbocycles. The van der Waals surface area contributed by atoms with Gasteiger partial charge in [0.2, 0.25) is 0 Å². The third kappa shape index (κ3) is 2.82. The summed E-state index contributed by atoms with van der Waals surface area (Å²) >= 11 is 1.62. The molecule has 0 saturated heterocycles. The summed E-state index contributed by atoms with van der Waals surface area (Å²) in [6.07, 6.45) is 0. The van der Waals surface area contributed by atoms with E-state index in [0.717, 1.165) is 33.0 Å². The van der Waals surface area contributed by atoms with Crippen LogP contribution in [0.25, 0.3) is 21.3 Å². The summed E-state index contributed by atoms with van der Waals surface area (Å²) in [6, 6.07) is 10.2. The average molecular weight is 313 g/mol. The van der Waals surface area contributed by atoms with Gasteiger partial charge in [-0.3, -0.25) is 0 Å². The molecule has 0 fully saturated rings. The van der Waals surface area contributed by atoms with E-state index in [-0.39, 0.29) is 6.61 Å². The van der Waals surface area contributed by atoms with E-state index in [1.54, 1.807) is 11.3 Å². The van der Waals surface area contributed by atoms with E-state index < -0.39 is 5.54 Å². The highest BCUT2D eigenvalue weighted by molar-refractivity contribution is 7.17. The van der Waals surface area contributed by atoms with Crippen LogP contribution in [0.4, 0.5) is 5.82 Å². The fourth-order valence-corrected chi connectivity index (χ4v) is 3.32. The molecule has 4 nitrogen and oxygen atoms in total. The zero-order valence-electron chi connectivity index (χ0n) is 12.9. The first-order chi connectivity index (χ1) is 10.5. The molecule has 0 amide bonds. The molecule has 0 unspecified atom stereocenters. The summed E-state index contributed by atoms with van der Waals surface area (Å²) in [5.74, 6) is 1.51. The van der Waals surface area contributed by atoms with Gasteiger partial charge >= 0.3 is 0 Å². The Kier molecular flexibility index (Phi) is 3.85. The number of aliphatic hydroxyl groups excluding tert-OH is 1. The van der Waals surface area contributed by atoms with Gasteiger partial charge in [0.15, 0.2) is 0 Å². The highest BCUT2D eigenvalue weighted by atomic mass is 32.1. The van der Waals surface area contributed by atoms with Gasteiger partial charge in [0.05, 0.1) is 17.5 Å². The normalized spacial score (nSPS) is 11.8. The maximum atomic E-state index is 9.53. The minimum atomic E-state index is -0.441. The molecule has 3 rings (SSSR count). The van der Waals surface area contributed by atoms with E-state index in [2.05, 4.69) is 32.8 Å².